The van der Waals surface area contributed by atoms with E-state index in [0.29, 0.717) is 6.04 Å². The Labute approximate surface area is 120 Å². The zero-order chi connectivity index (χ0) is 13.4. The second-order valence-corrected chi connectivity index (χ2v) is 5.07. The summed E-state index contributed by atoms with van der Waals surface area (Å²) in [7, 11) is 0. The summed E-state index contributed by atoms with van der Waals surface area (Å²) in [4.78, 5) is 0. The van der Waals surface area contributed by atoms with E-state index in [0.717, 1.165) is 47.8 Å². The van der Waals surface area contributed by atoms with Crippen molar-refractivity contribution < 1.29 is 0 Å². The third kappa shape index (κ3) is 4.90. The standard InChI is InChI=1S/C15H19Cl2N/c1-3-5-6-8-12(18-4-2)11-13-14(16)9-7-10-15(13)17/h1,7,9-10,12,18H,4-6,8,11H2,2H3. The molecule has 18 heavy (non-hydrogen) atoms. The van der Waals surface area contributed by atoms with Gasteiger partial charge in [0.15, 0.2) is 0 Å². The van der Waals surface area contributed by atoms with Gasteiger partial charge in [-0.15, -0.1) is 12.3 Å². The summed E-state index contributed by atoms with van der Waals surface area (Å²) in [6, 6.07) is 6.01. The minimum absolute atomic E-state index is 0.376. The number of terminal acetylenes is 1. The summed E-state index contributed by atoms with van der Waals surface area (Å²) in [5.41, 5.74) is 1.02. The molecular formula is C15H19Cl2N. The van der Waals surface area contributed by atoms with Gasteiger partial charge >= 0.3 is 0 Å². The molecule has 0 fully saturated rings. The second-order valence-electron chi connectivity index (χ2n) is 4.26. The van der Waals surface area contributed by atoms with Crippen LogP contribution in [0.5, 0.6) is 0 Å². The Morgan fingerprint density at radius 1 is 1.33 bits per heavy atom. The van der Waals surface area contributed by atoms with Crippen molar-refractivity contribution in [3.63, 3.8) is 0 Å². The largest absolute Gasteiger partial charge is 0.314 e. The second kappa shape index (κ2) is 8.43. The van der Waals surface area contributed by atoms with Gasteiger partial charge in [-0.2, -0.15) is 0 Å². The van der Waals surface area contributed by atoms with Crippen molar-refractivity contribution in [2.75, 3.05) is 6.54 Å². The van der Waals surface area contributed by atoms with E-state index in [4.69, 9.17) is 29.6 Å². The predicted octanol–water partition coefficient (Wildman–Crippen LogP) is 4.32. The number of halogens is 2. The maximum absolute atomic E-state index is 6.19. The lowest BCUT2D eigenvalue weighted by Crippen LogP contribution is -2.31. The number of hydrogen-bond acceptors (Lipinski definition) is 1. The summed E-state index contributed by atoms with van der Waals surface area (Å²) in [5.74, 6) is 2.67. The highest BCUT2D eigenvalue weighted by molar-refractivity contribution is 6.35. The molecule has 0 aliphatic carbocycles. The minimum atomic E-state index is 0.376. The molecule has 0 saturated carbocycles. The van der Waals surface area contributed by atoms with E-state index in [1.807, 2.05) is 18.2 Å². The van der Waals surface area contributed by atoms with E-state index >= 15 is 0 Å². The molecule has 1 N–H and O–H groups in total. The Morgan fingerprint density at radius 3 is 2.56 bits per heavy atom. The van der Waals surface area contributed by atoms with Crippen molar-refractivity contribution in [3.8, 4) is 12.3 Å². The number of rotatable bonds is 7. The molecule has 0 saturated heterocycles. The summed E-state index contributed by atoms with van der Waals surface area (Å²) < 4.78 is 0. The highest BCUT2D eigenvalue weighted by Gasteiger charge is 2.12. The first-order valence-corrected chi connectivity index (χ1v) is 7.04. The van der Waals surface area contributed by atoms with Gasteiger partial charge in [-0.3, -0.25) is 0 Å². The third-order valence-electron chi connectivity index (χ3n) is 2.88. The van der Waals surface area contributed by atoms with Crippen LogP contribution in [0.4, 0.5) is 0 Å². The molecule has 0 amide bonds. The van der Waals surface area contributed by atoms with Crippen LogP contribution < -0.4 is 5.32 Å². The van der Waals surface area contributed by atoms with Gasteiger partial charge < -0.3 is 5.32 Å². The van der Waals surface area contributed by atoms with Crippen LogP contribution in [0, 0.1) is 12.3 Å². The lowest BCUT2D eigenvalue weighted by atomic mass is 10.0. The molecule has 0 aromatic heterocycles. The van der Waals surface area contributed by atoms with Crippen LogP contribution in [0.25, 0.3) is 0 Å². The van der Waals surface area contributed by atoms with Gasteiger partial charge in [0.2, 0.25) is 0 Å². The van der Waals surface area contributed by atoms with Crippen molar-refractivity contribution in [1.29, 1.82) is 0 Å². The molecule has 3 heteroatoms. The number of unbranched alkanes of at least 4 members (excludes halogenated alkanes) is 1. The molecule has 98 valence electrons. The Kier molecular flexibility index (Phi) is 7.20. The van der Waals surface area contributed by atoms with E-state index in [-0.39, 0.29) is 0 Å². The molecule has 1 atom stereocenters. The number of nitrogens with one attached hydrogen (secondary N) is 1. The number of likely N-dealkylation sites (N-methyl/N-ethyl adjacent to an activating group) is 1. The molecule has 0 heterocycles. The van der Waals surface area contributed by atoms with Crippen molar-refractivity contribution in [2.45, 2.75) is 38.6 Å². The van der Waals surface area contributed by atoms with E-state index in [1.54, 1.807) is 0 Å². The van der Waals surface area contributed by atoms with Gasteiger partial charge in [0, 0.05) is 22.5 Å². The monoisotopic (exact) mass is 283 g/mol. The fourth-order valence-corrected chi connectivity index (χ4v) is 2.54. The quantitative estimate of drug-likeness (QED) is 0.581. The zero-order valence-electron chi connectivity index (χ0n) is 10.7. The average Bonchev–Trinajstić information content (AvgIpc) is 2.34. The van der Waals surface area contributed by atoms with Gasteiger partial charge in [-0.25, -0.2) is 0 Å². The molecule has 1 unspecified atom stereocenters. The summed E-state index contributed by atoms with van der Waals surface area (Å²) in [5, 5.41) is 4.94. The molecule has 0 aliphatic heterocycles. The van der Waals surface area contributed by atoms with Crippen LogP contribution in [0.2, 0.25) is 10.0 Å². The highest BCUT2D eigenvalue weighted by Crippen LogP contribution is 2.26. The molecule has 0 bridgehead atoms. The van der Waals surface area contributed by atoms with Crippen molar-refractivity contribution in [2.24, 2.45) is 0 Å². The molecule has 1 rings (SSSR count). The van der Waals surface area contributed by atoms with Gasteiger partial charge in [0.05, 0.1) is 0 Å². The van der Waals surface area contributed by atoms with Crippen LogP contribution in [-0.4, -0.2) is 12.6 Å². The summed E-state index contributed by atoms with van der Waals surface area (Å²) in [6.45, 7) is 3.03. The zero-order valence-corrected chi connectivity index (χ0v) is 12.2. The van der Waals surface area contributed by atoms with E-state index in [9.17, 15) is 0 Å². The van der Waals surface area contributed by atoms with E-state index in [2.05, 4.69) is 18.2 Å². The summed E-state index contributed by atoms with van der Waals surface area (Å²) in [6.07, 6.45) is 9.00. The van der Waals surface area contributed by atoms with Crippen LogP contribution >= 0.6 is 23.2 Å². The van der Waals surface area contributed by atoms with E-state index < -0.39 is 0 Å². The lowest BCUT2D eigenvalue weighted by Gasteiger charge is -2.19. The fraction of sp³-hybridized carbons (Fsp3) is 0.467. The third-order valence-corrected chi connectivity index (χ3v) is 3.59. The first-order chi connectivity index (χ1) is 8.69. The van der Waals surface area contributed by atoms with Gasteiger partial charge in [0.1, 0.15) is 0 Å². The fourth-order valence-electron chi connectivity index (χ4n) is 1.99. The van der Waals surface area contributed by atoms with Crippen molar-refractivity contribution >= 4 is 23.2 Å². The summed E-state index contributed by atoms with van der Waals surface area (Å²) >= 11 is 12.4. The Morgan fingerprint density at radius 2 is 2.00 bits per heavy atom. The van der Waals surface area contributed by atoms with Crippen LogP contribution in [-0.2, 0) is 6.42 Å². The molecule has 1 aromatic carbocycles. The maximum Gasteiger partial charge on any atom is 0.0453 e. The SMILES string of the molecule is C#CCCCC(Cc1c(Cl)cccc1Cl)NCC. The first-order valence-electron chi connectivity index (χ1n) is 6.28. The molecular weight excluding hydrogens is 265 g/mol. The molecule has 0 radical (unpaired) electrons. The average molecular weight is 284 g/mol. The van der Waals surface area contributed by atoms with Crippen molar-refractivity contribution in [3.05, 3.63) is 33.8 Å². The smallest absolute Gasteiger partial charge is 0.0453 e. The number of hydrogen-bond donors (Lipinski definition) is 1. The van der Waals surface area contributed by atoms with Crippen molar-refractivity contribution in [1.82, 2.24) is 5.32 Å². The Hall–Kier alpha value is -0.680. The first kappa shape index (κ1) is 15.4. The molecule has 1 aromatic rings. The Bertz CT molecular complexity index is 389. The lowest BCUT2D eigenvalue weighted by molar-refractivity contribution is 0.479. The van der Waals surface area contributed by atoms with Crippen LogP contribution in [0.3, 0.4) is 0 Å². The normalized spacial score (nSPS) is 12.1. The highest BCUT2D eigenvalue weighted by atomic mass is 35.5. The number of benzene rings is 1. The molecule has 1 nitrogen and oxygen atoms in total. The van der Waals surface area contributed by atoms with Gasteiger partial charge in [-0.1, -0.05) is 36.2 Å². The predicted molar refractivity (Wildman–Crippen MR) is 80.3 cm³/mol. The molecule has 0 spiro atoms. The van der Waals surface area contributed by atoms with Gasteiger partial charge in [0.25, 0.3) is 0 Å². The van der Waals surface area contributed by atoms with Gasteiger partial charge in [-0.05, 0) is 43.5 Å². The molecule has 0 aliphatic rings. The topological polar surface area (TPSA) is 12.0 Å². The maximum atomic E-state index is 6.19. The van der Waals surface area contributed by atoms with Crippen LogP contribution in [0.1, 0.15) is 31.7 Å². The Balaban J connectivity index is 2.67. The minimum Gasteiger partial charge on any atom is -0.314 e. The van der Waals surface area contributed by atoms with Crippen LogP contribution in [0.15, 0.2) is 18.2 Å². The van der Waals surface area contributed by atoms with E-state index in [1.165, 1.54) is 0 Å².